The molecule has 12 rings (SSSR count). The van der Waals surface area contributed by atoms with Crippen LogP contribution in [-0.2, 0) is 13.1 Å². The third kappa shape index (κ3) is 5.86. The van der Waals surface area contributed by atoms with Crippen LogP contribution in [0.3, 0.4) is 0 Å². The van der Waals surface area contributed by atoms with Gasteiger partial charge in [0.1, 0.15) is 11.6 Å². The van der Waals surface area contributed by atoms with Crippen LogP contribution >= 0.6 is 0 Å². The van der Waals surface area contributed by atoms with Gasteiger partial charge in [0.25, 0.3) is 0 Å². The molecule has 7 heteroatoms. The van der Waals surface area contributed by atoms with Crippen molar-refractivity contribution in [2.24, 2.45) is 11.5 Å². The summed E-state index contributed by atoms with van der Waals surface area (Å²) in [6, 6.07) is 61.9. The molecule has 0 radical (unpaired) electrons. The van der Waals surface area contributed by atoms with Crippen LogP contribution in [0, 0.1) is 0 Å². The van der Waals surface area contributed by atoms with E-state index in [9.17, 15) is 0 Å². The van der Waals surface area contributed by atoms with Gasteiger partial charge in [-0.2, -0.15) is 0 Å². The Balaban J connectivity index is 0.895. The van der Waals surface area contributed by atoms with Crippen molar-refractivity contribution in [2.75, 3.05) is 0 Å². The molecular formula is C57H43N7. The molecule has 0 atom stereocenters. The first-order valence-corrected chi connectivity index (χ1v) is 21.7. The van der Waals surface area contributed by atoms with Crippen molar-refractivity contribution in [1.29, 1.82) is 0 Å². The van der Waals surface area contributed by atoms with Gasteiger partial charge >= 0.3 is 0 Å². The maximum absolute atomic E-state index is 7.05. The van der Waals surface area contributed by atoms with Crippen LogP contribution in [-0.4, -0.2) is 23.3 Å². The lowest BCUT2D eigenvalue weighted by atomic mass is 10.1. The molecular weight excluding hydrogens is 783 g/mol. The summed E-state index contributed by atoms with van der Waals surface area (Å²) < 4.78 is 9.18. The standard InChI is InChI=1S/C57H43N7/c58-45(46-25-17-33-55(60-46)64-50-29-10-4-20-40(50)41-21-5-11-30-51(41)64)24-13-15-37-62-49-28-9-3-22-42(49)43-34-35-53-56(57(43)62)44-23-6-12-31-52(44)63(53)54(59)32-14-16-36-61-47-26-7-1-18-38(47)39-19-2-8-27-48(39)61/h1-35H,36-37,58-59H2/b15-13-,16-14-,45-24-,54-32+. The van der Waals surface area contributed by atoms with Gasteiger partial charge in [-0.1, -0.05) is 146 Å². The SMILES string of the molecule is N/C(=C\C=C/Cn1c2ccccc2c2ccc3c(c4ccccc4n3/C(N)=C/C=C\Cn3c4ccccc4c4ccccc43)c21)c1cccc(-n2c3ccccc3c3ccccc32)n1. The molecule has 0 bridgehead atoms. The molecule has 0 saturated carbocycles. The molecule has 0 fully saturated rings. The van der Waals surface area contributed by atoms with Gasteiger partial charge < -0.3 is 20.6 Å². The Morgan fingerprint density at radius 2 is 0.906 bits per heavy atom. The quantitative estimate of drug-likeness (QED) is 0.142. The molecule has 5 heterocycles. The highest BCUT2D eigenvalue weighted by Gasteiger charge is 2.20. The number of rotatable bonds is 9. The van der Waals surface area contributed by atoms with E-state index in [0.29, 0.717) is 18.1 Å². The van der Waals surface area contributed by atoms with Gasteiger partial charge in [0.2, 0.25) is 0 Å². The minimum absolute atomic E-state index is 0.595. The Morgan fingerprint density at radius 3 is 1.53 bits per heavy atom. The van der Waals surface area contributed by atoms with E-state index >= 15 is 0 Å². The normalized spacial score (nSPS) is 13.0. The third-order valence-electron chi connectivity index (χ3n) is 12.7. The predicted molar refractivity (Wildman–Crippen MR) is 269 cm³/mol. The molecule has 0 aliphatic rings. The molecule has 0 spiro atoms. The lowest BCUT2D eigenvalue weighted by molar-refractivity contribution is 0.899. The number of pyridine rings is 1. The van der Waals surface area contributed by atoms with Gasteiger partial charge in [0, 0.05) is 72.7 Å². The Labute approximate surface area is 369 Å². The summed E-state index contributed by atoms with van der Waals surface area (Å²) in [5.74, 6) is 1.48. The summed E-state index contributed by atoms with van der Waals surface area (Å²) in [6.07, 6.45) is 12.4. The number of benzene rings is 7. The van der Waals surface area contributed by atoms with Gasteiger partial charge in [0.05, 0.1) is 39.0 Å². The molecule has 5 aromatic heterocycles. The van der Waals surface area contributed by atoms with Crippen molar-refractivity contribution in [2.45, 2.75) is 13.1 Å². The Bertz CT molecular complexity index is 3830. The Hall–Kier alpha value is -8.55. The number of nitrogens with zero attached hydrogens (tertiary/aromatic N) is 5. The predicted octanol–water partition coefficient (Wildman–Crippen LogP) is 13.1. The zero-order valence-corrected chi connectivity index (χ0v) is 35.0. The third-order valence-corrected chi connectivity index (χ3v) is 12.7. The van der Waals surface area contributed by atoms with E-state index in [4.69, 9.17) is 16.5 Å². The van der Waals surface area contributed by atoms with Crippen LogP contribution in [0.2, 0.25) is 0 Å². The molecule has 0 aliphatic carbocycles. The molecule has 0 aliphatic heterocycles. The molecule has 4 N–H and O–H groups in total. The van der Waals surface area contributed by atoms with E-state index in [2.05, 4.69) is 194 Å². The van der Waals surface area contributed by atoms with Gasteiger partial charge in [-0.25, -0.2) is 4.98 Å². The van der Waals surface area contributed by atoms with Crippen molar-refractivity contribution >= 4 is 98.7 Å². The van der Waals surface area contributed by atoms with Crippen LogP contribution < -0.4 is 11.5 Å². The van der Waals surface area contributed by atoms with E-state index < -0.39 is 0 Å². The minimum atomic E-state index is 0.595. The van der Waals surface area contributed by atoms with Crippen molar-refractivity contribution in [3.63, 3.8) is 0 Å². The van der Waals surface area contributed by atoms with Gasteiger partial charge in [0.15, 0.2) is 0 Å². The molecule has 0 saturated heterocycles. The lowest BCUT2D eigenvalue weighted by Crippen LogP contribution is -2.05. The maximum atomic E-state index is 7.05. The average Bonchev–Trinajstić information content (AvgIpc) is 4.07. The van der Waals surface area contributed by atoms with Gasteiger partial charge in [-0.15, -0.1) is 0 Å². The first-order valence-electron chi connectivity index (χ1n) is 21.7. The molecule has 0 unspecified atom stereocenters. The number of allylic oxidation sites excluding steroid dienone is 6. The zero-order chi connectivity index (χ0) is 42.7. The largest absolute Gasteiger partial charge is 0.397 e. The smallest absolute Gasteiger partial charge is 0.138 e. The summed E-state index contributed by atoms with van der Waals surface area (Å²) in [5.41, 5.74) is 24.3. The fourth-order valence-corrected chi connectivity index (χ4v) is 9.97. The summed E-state index contributed by atoms with van der Waals surface area (Å²) in [4.78, 5) is 5.07. The highest BCUT2D eigenvalue weighted by Crippen LogP contribution is 2.40. The van der Waals surface area contributed by atoms with Crippen LogP contribution in [0.15, 0.2) is 212 Å². The number of aromatic nitrogens is 5. The van der Waals surface area contributed by atoms with E-state index in [0.717, 1.165) is 45.5 Å². The molecule has 306 valence electrons. The number of hydrogen-bond donors (Lipinski definition) is 2. The Morgan fingerprint density at radius 1 is 0.422 bits per heavy atom. The van der Waals surface area contributed by atoms with E-state index in [1.807, 2.05) is 36.4 Å². The summed E-state index contributed by atoms with van der Waals surface area (Å²) in [5, 5.41) is 9.66. The second kappa shape index (κ2) is 15.1. The first kappa shape index (κ1) is 37.2. The van der Waals surface area contributed by atoms with Crippen molar-refractivity contribution < 1.29 is 0 Å². The molecule has 0 amide bonds. The average molecular weight is 826 g/mol. The van der Waals surface area contributed by atoms with Crippen molar-refractivity contribution in [3.05, 3.63) is 218 Å². The van der Waals surface area contributed by atoms with Crippen LogP contribution in [0.4, 0.5) is 0 Å². The number of fused-ring (bicyclic) bond motifs is 13. The number of nitrogens with two attached hydrogens (primary N) is 2. The zero-order valence-electron chi connectivity index (χ0n) is 35.0. The highest BCUT2D eigenvalue weighted by atomic mass is 15.1. The maximum Gasteiger partial charge on any atom is 0.138 e. The fourth-order valence-electron chi connectivity index (χ4n) is 9.97. The molecule has 64 heavy (non-hydrogen) atoms. The van der Waals surface area contributed by atoms with E-state index in [1.165, 1.54) is 59.8 Å². The minimum Gasteiger partial charge on any atom is -0.397 e. The summed E-state index contributed by atoms with van der Waals surface area (Å²) in [7, 11) is 0. The number of hydrogen-bond acceptors (Lipinski definition) is 3. The first-order chi connectivity index (χ1) is 31.6. The topological polar surface area (TPSA) is 84.6 Å². The van der Waals surface area contributed by atoms with Crippen LogP contribution in [0.5, 0.6) is 0 Å². The van der Waals surface area contributed by atoms with Gasteiger partial charge in [-0.3, -0.25) is 9.13 Å². The van der Waals surface area contributed by atoms with Gasteiger partial charge in [-0.05, 0) is 66.7 Å². The second-order valence-corrected chi connectivity index (χ2v) is 16.3. The van der Waals surface area contributed by atoms with E-state index in [1.54, 1.807) is 0 Å². The van der Waals surface area contributed by atoms with Crippen molar-refractivity contribution in [1.82, 2.24) is 23.3 Å². The summed E-state index contributed by atoms with van der Waals surface area (Å²) >= 11 is 0. The Kier molecular flexibility index (Phi) is 8.79. The monoisotopic (exact) mass is 825 g/mol. The second-order valence-electron chi connectivity index (χ2n) is 16.3. The molecule has 7 nitrogen and oxygen atoms in total. The number of para-hydroxylation sites is 6. The molecule has 7 aromatic carbocycles. The van der Waals surface area contributed by atoms with E-state index in [-0.39, 0.29) is 0 Å². The summed E-state index contributed by atoms with van der Waals surface area (Å²) in [6.45, 7) is 1.36. The highest BCUT2D eigenvalue weighted by molar-refractivity contribution is 6.26. The lowest BCUT2D eigenvalue weighted by Gasteiger charge is -2.09. The van der Waals surface area contributed by atoms with Crippen molar-refractivity contribution in [3.8, 4) is 5.82 Å². The van der Waals surface area contributed by atoms with Crippen LogP contribution in [0.1, 0.15) is 5.69 Å². The van der Waals surface area contributed by atoms with Crippen LogP contribution in [0.25, 0.3) is 105 Å². The fraction of sp³-hybridized carbons (Fsp3) is 0.0351. The molecule has 12 aromatic rings.